The van der Waals surface area contributed by atoms with Gasteiger partial charge in [0.15, 0.2) is 0 Å². The number of hydrogen-bond acceptors (Lipinski definition) is 2. The van der Waals surface area contributed by atoms with Gasteiger partial charge >= 0.3 is 0 Å². The first kappa shape index (κ1) is 22.2. The molecule has 0 radical (unpaired) electrons. The second-order valence-corrected chi connectivity index (χ2v) is 6.59. The van der Waals surface area contributed by atoms with Crippen molar-refractivity contribution in [1.82, 2.24) is 5.32 Å². The van der Waals surface area contributed by atoms with Crippen LogP contribution in [-0.4, -0.2) is 24.3 Å². The van der Waals surface area contributed by atoms with Gasteiger partial charge in [0.05, 0.1) is 6.10 Å². The molecule has 142 valence electrons. The molecule has 2 N–H and O–H groups in total. The van der Waals surface area contributed by atoms with Crippen molar-refractivity contribution in [1.29, 1.82) is 0 Å². The molecular formula is C24H35NO. The standard InChI is InChI=1S/C18H20.C6H15NO/c1-3-17(18-12-8-7-9-15(18)2)14-13-16-10-5-4-6-11-16;1-3-6(8)5-7-4-2/h4-6,9-12H,1,7-8,13-14H2,2H3;6-8H,3-5H2,1-2H3. The van der Waals surface area contributed by atoms with Crippen LogP contribution in [0.2, 0.25) is 0 Å². The van der Waals surface area contributed by atoms with Crippen LogP contribution < -0.4 is 5.32 Å². The van der Waals surface area contributed by atoms with E-state index in [2.05, 4.69) is 67.0 Å². The molecule has 0 saturated carbocycles. The van der Waals surface area contributed by atoms with E-state index >= 15 is 0 Å². The Kier molecular flexibility index (Phi) is 11.4. The summed E-state index contributed by atoms with van der Waals surface area (Å²) < 4.78 is 0. The Morgan fingerprint density at radius 1 is 1.19 bits per heavy atom. The van der Waals surface area contributed by atoms with E-state index in [1.807, 2.05) is 13.8 Å². The van der Waals surface area contributed by atoms with Crippen molar-refractivity contribution in [3.8, 4) is 0 Å². The molecule has 0 bridgehead atoms. The zero-order valence-corrected chi connectivity index (χ0v) is 16.7. The van der Waals surface area contributed by atoms with Crippen molar-refractivity contribution in [3.05, 3.63) is 77.1 Å². The van der Waals surface area contributed by atoms with E-state index in [-0.39, 0.29) is 6.10 Å². The van der Waals surface area contributed by atoms with Gasteiger partial charge in [-0.05, 0) is 62.3 Å². The van der Waals surface area contributed by atoms with Crippen molar-refractivity contribution in [2.24, 2.45) is 0 Å². The molecule has 1 aliphatic rings. The lowest BCUT2D eigenvalue weighted by Crippen LogP contribution is -2.25. The van der Waals surface area contributed by atoms with Crippen LogP contribution in [0.1, 0.15) is 52.0 Å². The van der Waals surface area contributed by atoms with Crippen LogP contribution in [0.25, 0.3) is 0 Å². The van der Waals surface area contributed by atoms with Gasteiger partial charge in [-0.25, -0.2) is 0 Å². The zero-order valence-electron chi connectivity index (χ0n) is 16.7. The summed E-state index contributed by atoms with van der Waals surface area (Å²) in [5.41, 5.74) is 8.49. The second kappa shape index (κ2) is 13.4. The molecule has 1 aliphatic carbocycles. The smallest absolute Gasteiger partial charge is 0.0662 e. The lowest BCUT2D eigenvalue weighted by atomic mass is 9.90. The molecule has 1 atom stereocenters. The van der Waals surface area contributed by atoms with Crippen LogP contribution in [0.15, 0.2) is 71.5 Å². The van der Waals surface area contributed by atoms with E-state index in [4.69, 9.17) is 5.11 Å². The average molecular weight is 354 g/mol. The van der Waals surface area contributed by atoms with Gasteiger partial charge < -0.3 is 10.4 Å². The Balaban J connectivity index is 0.000000359. The van der Waals surface area contributed by atoms with Crippen molar-refractivity contribution in [2.75, 3.05) is 13.1 Å². The Morgan fingerprint density at radius 2 is 1.88 bits per heavy atom. The van der Waals surface area contributed by atoms with Crippen molar-refractivity contribution >= 4 is 0 Å². The average Bonchev–Trinajstić information content (AvgIpc) is 2.69. The summed E-state index contributed by atoms with van der Waals surface area (Å²) in [5, 5.41) is 12.0. The maximum atomic E-state index is 8.93. The van der Waals surface area contributed by atoms with Crippen molar-refractivity contribution < 1.29 is 5.11 Å². The molecule has 0 heterocycles. The third kappa shape index (κ3) is 8.49. The number of rotatable bonds is 8. The number of aliphatic hydroxyl groups is 1. The number of likely N-dealkylation sites (N-methyl/N-ethyl adjacent to an activating group) is 1. The summed E-state index contributed by atoms with van der Waals surface area (Å²) in [6, 6.07) is 10.6. The number of nitrogens with one attached hydrogen (secondary N) is 1. The molecule has 0 fully saturated rings. The summed E-state index contributed by atoms with van der Waals surface area (Å²) in [6.45, 7) is 11.7. The van der Waals surface area contributed by atoms with Gasteiger partial charge in [0.1, 0.15) is 0 Å². The molecule has 0 spiro atoms. The van der Waals surface area contributed by atoms with E-state index in [9.17, 15) is 0 Å². The van der Waals surface area contributed by atoms with Crippen LogP contribution in [0, 0.1) is 0 Å². The summed E-state index contributed by atoms with van der Waals surface area (Å²) in [6.07, 6.45) is 9.71. The zero-order chi connectivity index (χ0) is 19.2. The predicted molar refractivity (Wildman–Crippen MR) is 113 cm³/mol. The lowest BCUT2D eigenvalue weighted by Gasteiger charge is -2.15. The van der Waals surface area contributed by atoms with Crippen molar-refractivity contribution in [3.63, 3.8) is 0 Å². The molecule has 2 heteroatoms. The highest BCUT2D eigenvalue weighted by molar-refractivity contribution is 5.46. The minimum Gasteiger partial charge on any atom is -0.392 e. The molecule has 1 unspecified atom stereocenters. The second-order valence-electron chi connectivity index (χ2n) is 6.59. The van der Waals surface area contributed by atoms with E-state index in [1.165, 1.54) is 28.7 Å². The van der Waals surface area contributed by atoms with Gasteiger partial charge in [-0.1, -0.05) is 62.9 Å². The third-order valence-corrected chi connectivity index (χ3v) is 4.54. The highest BCUT2D eigenvalue weighted by Crippen LogP contribution is 2.27. The number of aliphatic hydroxyl groups excluding tert-OH is 1. The fraction of sp³-hybridized carbons (Fsp3) is 0.458. The minimum atomic E-state index is -0.157. The summed E-state index contributed by atoms with van der Waals surface area (Å²) >= 11 is 0. The largest absolute Gasteiger partial charge is 0.392 e. The number of aryl methyl sites for hydroxylation is 1. The summed E-state index contributed by atoms with van der Waals surface area (Å²) in [4.78, 5) is 0. The Labute approximate surface area is 160 Å². The third-order valence-electron chi connectivity index (χ3n) is 4.54. The molecule has 1 aromatic carbocycles. The maximum Gasteiger partial charge on any atom is 0.0662 e. The van der Waals surface area contributed by atoms with Crippen LogP contribution in [-0.2, 0) is 6.42 Å². The fourth-order valence-electron chi connectivity index (χ4n) is 2.85. The number of benzene rings is 1. The van der Waals surface area contributed by atoms with Crippen LogP contribution in [0.4, 0.5) is 0 Å². The van der Waals surface area contributed by atoms with E-state index in [0.717, 1.165) is 38.8 Å². The normalized spacial score (nSPS) is 14.3. The highest BCUT2D eigenvalue weighted by Gasteiger charge is 2.09. The SMILES string of the molecule is C=C=C(CCc1ccccc1)C1=CCCC=C1C.CCNCC(O)CC. The molecule has 0 saturated heterocycles. The van der Waals surface area contributed by atoms with Crippen molar-refractivity contribution in [2.45, 2.75) is 59.0 Å². The van der Waals surface area contributed by atoms with Gasteiger partial charge in [0.2, 0.25) is 0 Å². The topological polar surface area (TPSA) is 32.3 Å². The number of allylic oxidation sites excluding steroid dienone is 5. The number of hydrogen-bond donors (Lipinski definition) is 2. The molecule has 1 aromatic rings. The van der Waals surface area contributed by atoms with Gasteiger partial charge in [0, 0.05) is 12.1 Å². The fourth-order valence-corrected chi connectivity index (χ4v) is 2.85. The molecule has 26 heavy (non-hydrogen) atoms. The van der Waals surface area contributed by atoms with E-state index in [1.54, 1.807) is 0 Å². The summed E-state index contributed by atoms with van der Waals surface area (Å²) in [7, 11) is 0. The maximum absolute atomic E-state index is 8.93. The van der Waals surface area contributed by atoms with Gasteiger partial charge in [-0.15, -0.1) is 5.73 Å². The molecule has 0 amide bonds. The molecule has 2 rings (SSSR count). The van der Waals surface area contributed by atoms with Crippen LogP contribution in [0.5, 0.6) is 0 Å². The van der Waals surface area contributed by atoms with Crippen LogP contribution in [0.3, 0.4) is 0 Å². The summed E-state index contributed by atoms with van der Waals surface area (Å²) in [5.74, 6) is 0. The molecule has 0 aromatic heterocycles. The highest BCUT2D eigenvalue weighted by atomic mass is 16.3. The molecule has 0 aliphatic heterocycles. The van der Waals surface area contributed by atoms with E-state index in [0.29, 0.717) is 0 Å². The van der Waals surface area contributed by atoms with E-state index < -0.39 is 0 Å². The minimum absolute atomic E-state index is 0.157. The monoisotopic (exact) mass is 353 g/mol. The first-order valence-electron chi connectivity index (χ1n) is 9.81. The van der Waals surface area contributed by atoms with Gasteiger partial charge in [-0.3, -0.25) is 0 Å². The van der Waals surface area contributed by atoms with Gasteiger partial charge in [-0.2, -0.15) is 0 Å². The Hall–Kier alpha value is -1.86. The Bertz CT molecular complexity index is 621. The first-order chi connectivity index (χ1) is 12.6. The van der Waals surface area contributed by atoms with Crippen LogP contribution >= 0.6 is 0 Å². The molecular weight excluding hydrogens is 318 g/mol. The van der Waals surface area contributed by atoms with Gasteiger partial charge in [0.25, 0.3) is 0 Å². The Morgan fingerprint density at radius 3 is 2.46 bits per heavy atom. The predicted octanol–water partition coefficient (Wildman–Crippen LogP) is 5.36. The quantitative estimate of drug-likeness (QED) is 0.616. The molecule has 2 nitrogen and oxygen atoms in total. The first-order valence-corrected chi connectivity index (χ1v) is 9.81. The lowest BCUT2D eigenvalue weighted by molar-refractivity contribution is 0.168.